The quantitative estimate of drug-likeness (QED) is 0.594. The van der Waals surface area contributed by atoms with Gasteiger partial charge in [0, 0.05) is 24.3 Å². The van der Waals surface area contributed by atoms with Crippen molar-refractivity contribution in [2.24, 2.45) is 0 Å². The van der Waals surface area contributed by atoms with Crippen molar-refractivity contribution in [3.63, 3.8) is 0 Å². The number of anilines is 1. The van der Waals surface area contributed by atoms with Gasteiger partial charge in [-0.2, -0.15) is 0 Å². The molecule has 0 fully saturated rings. The molecule has 0 aliphatic heterocycles. The Morgan fingerprint density at radius 3 is 2.82 bits per heavy atom. The lowest BCUT2D eigenvalue weighted by molar-refractivity contribution is 0.0742. The number of nitrogen functional groups attached to an aromatic ring is 1. The average Bonchev–Trinajstić information content (AvgIpc) is 2.28. The fraction of sp³-hybridized carbons (Fsp3) is 0.308. The summed E-state index contributed by atoms with van der Waals surface area (Å²) in [5.41, 5.74) is 7.72. The largest absolute Gasteiger partial charge is 0.399 e. The third-order valence-corrected chi connectivity index (χ3v) is 2.49. The molecule has 0 aliphatic rings. The zero-order valence-electron chi connectivity index (χ0n) is 10.0. The molecule has 1 rings (SSSR count). The number of amides is 1. The lowest BCUT2D eigenvalue weighted by Crippen LogP contribution is -2.34. The average molecular weight is 234 g/mol. The maximum atomic E-state index is 12.2. The first-order valence-electron chi connectivity index (χ1n) is 5.47. The highest BCUT2D eigenvalue weighted by Gasteiger charge is 2.15. The van der Waals surface area contributed by atoms with Gasteiger partial charge in [-0.15, -0.1) is 6.58 Å². The van der Waals surface area contributed by atoms with E-state index < -0.39 is 0 Å². The molecule has 0 saturated carbocycles. The van der Waals surface area contributed by atoms with Gasteiger partial charge < -0.3 is 15.7 Å². The molecule has 0 unspecified atom stereocenters. The molecule has 0 saturated heterocycles. The van der Waals surface area contributed by atoms with Crippen LogP contribution in [-0.4, -0.2) is 35.6 Å². The number of nitrogens with two attached hydrogens (primary N) is 1. The van der Waals surface area contributed by atoms with Gasteiger partial charge in [-0.25, -0.2) is 0 Å². The van der Waals surface area contributed by atoms with Crippen LogP contribution in [0, 0.1) is 6.92 Å². The van der Waals surface area contributed by atoms with Gasteiger partial charge in [-0.1, -0.05) is 6.08 Å². The maximum Gasteiger partial charge on any atom is 0.254 e. The molecule has 17 heavy (non-hydrogen) atoms. The van der Waals surface area contributed by atoms with Crippen LogP contribution in [0.5, 0.6) is 0 Å². The van der Waals surface area contributed by atoms with Crippen LogP contribution >= 0.6 is 0 Å². The summed E-state index contributed by atoms with van der Waals surface area (Å²) in [7, 11) is 0. The van der Waals surface area contributed by atoms with Crippen molar-refractivity contribution in [2.75, 3.05) is 25.4 Å². The van der Waals surface area contributed by atoms with E-state index in [1.165, 1.54) is 0 Å². The van der Waals surface area contributed by atoms with Crippen molar-refractivity contribution in [1.29, 1.82) is 0 Å². The first-order chi connectivity index (χ1) is 8.10. The van der Waals surface area contributed by atoms with E-state index in [9.17, 15) is 4.79 Å². The molecule has 1 aromatic rings. The second-order valence-electron chi connectivity index (χ2n) is 3.84. The predicted molar refractivity (Wildman–Crippen MR) is 68.8 cm³/mol. The van der Waals surface area contributed by atoms with Crippen LogP contribution in [0.25, 0.3) is 0 Å². The van der Waals surface area contributed by atoms with Crippen molar-refractivity contribution in [3.8, 4) is 0 Å². The van der Waals surface area contributed by atoms with E-state index in [-0.39, 0.29) is 12.5 Å². The number of aliphatic hydroxyl groups excluding tert-OH is 1. The normalized spacial score (nSPS) is 10.0. The molecule has 0 aromatic heterocycles. The number of hydrogen-bond acceptors (Lipinski definition) is 3. The molecule has 0 atom stereocenters. The van der Waals surface area contributed by atoms with E-state index in [0.29, 0.717) is 24.3 Å². The van der Waals surface area contributed by atoms with E-state index in [4.69, 9.17) is 10.8 Å². The minimum atomic E-state index is -0.114. The molecule has 92 valence electrons. The first-order valence-corrected chi connectivity index (χ1v) is 5.47. The Hall–Kier alpha value is -1.81. The number of carbonyl (C=O) groups excluding carboxylic acids is 1. The van der Waals surface area contributed by atoms with E-state index in [1.807, 2.05) is 6.92 Å². The fourth-order valence-electron chi connectivity index (χ4n) is 1.65. The Balaban J connectivity index is 2.96. The molecule has 3 N–H and O–H groups in total. The predicted octanol–water partition coefficient (Wildman–Crippen LogP) is 1.20. The standard InChI is InChI=1S/C13H18N2O2/c1-3-6-15(7-8-16)13(17)12-5-4-11(14)9-10(12)2/h3-5,9,16H,1,6-8,14H2,2H3. The molecular weight excluding hydrogens is 216 g/mol. The first kappa shape index (κ1) is 13.3. The number of benzene rings is 1. The minimum Gasteiger partial charge on any atom is -0.399 e. The van der Waals surface area contributed by atoms with Crippen LogP contribution in [-0.2, 0) is 0 Å². The fourth-order valence-corrected chi connectivity index (χ4v) is 1.65. The third-order valence-electron chi connectivity index (χ3n) is 2.49. The molecular formula is C13H18N2O2. The smallest absolute Gasteiger partial charge is 0.254 e. The van der Waals surface area contributed by atoms with Gasteiger partial charge in [0.05, 0.1) is 6.61 Å². The maximum absolute atomic E-state index is 12.2. The van der Waals surface area contributed by atoms with E-state index in [1.54, 1.807) is 29.2 Å². The SMILES string of the molecule is C=CCN(CCO)C(=O)c1ccc(N)cc1C. The molecule has 0 radical (unpaired) electrons. The van der Waals surface area contributed by atoms with Gasteiger partial charge in [0.1, 0.15) is 0 Å². The molecule has 0 bridgehead atoms. The molecule has 0 spiro atoms. The lowest BCUT2D eigenvalue weighted by atomic mass is 10.1. The Morgan fingerprint density at radius 1 is 1.59 bits per heavy atom. The van der Waals surface area contributed by atoms with E-state index in [0.717, 1.165) is 5.56 Å². The molecule has 1 aromatic carbocycles. The van der Waals surface area contributed by atoms with Crippen LogP contribution in [0.1, 0.15) is 15.9 Å². The van der Waals surface area contributed by atoms with Crippen molar-refractivity contribution >= 4 is 11.6 Å². The Bertz CT molecular complexity index is 416. The summed E-state index contributed by atoms with van der Waals surface area (Å²) >= 11 is 0. The number of aliphatic hydroxyl groups is 1. The van der Waals surface area contributed by atoms with Gasteiger partial charge in [0.15, 0.2) is 0 Å². The number of aryl methyl sites for hydroxylation is 1. The Morgan fingerprint density at radius 2 is 2.29 bits per heavy atom. The highest BCUT2D eigenvalue weighted by Crippen LogP contribution is 2.14. The van der Waals surface area contributed by atoms with E-state index >= 15 is 0 Å². The molecule has 4 heteroatoms. The summed E-state index contributed by atoms with van der Waals surface area (Å²) < 4.78 is 0. The zero-order valence-corrected chi connectivity index (χ0v) is 10.0. The zero-order chi connectivity index (χ0) is 12.8. The Kier molecular flexibility index (Phi) is 4.72. The molecule has 4 nitrogen and oxygen atoms in total. The van der Waals surface area contributed by atoms with Crippen LogP contribution in [0.4, 0.5) is 5.69 Å². The van der Waals surface area contributed by atoms with Gasteiger partial charge >= 0.3 is 0 Å². The summed E-state index contributed by atoms with van der Waals surface area (Å²) in [4.78, 5) is 13.7. The summed E-state index contributed by atoms with van der Waals surface area (Å²) in [5, 5.41) is 8.92. The van der Waals surface area contributed by atoms with Crippen molar-refractivity contribution in [1.82, 2.24) is 4.90 Å². The van der Waals surface area contributed by atoms with Crippen LogP contribution < -0.4 is 5.73 Å². The summed E-state index contributed by atoms with van der Waals surface area (Å²) in [6.45, 7) is 6.10. The number of nitrogens with zero attached hydrogens (tertiary/aromatic N) is 1. The second-order valence-corrected chi connectivity index (χ2v) is 3.84. The summed E-state index contributed by atoms with van der Waals surface area (Å²) in [6.07, 6.45) is 1.64. The minimum absolute atomic E-state index is 0.0619. The van der Waals surface area contributed by atoms with Gasteiger partial charge in [-0.05, 0) is 30.7 Å². The van der Waals surface area contributed by atoms with E-state index in [2.05, 4.69) is 6.58 Å². The molecule has 0 aliphatic carbocycles. The van der Waals surface area contributed by atoms with Crippen molar-refractivity contribution < 1.29 is 9.90 Å². The monoisotopic (exact) mass is 234 g/mol. The van der Waals surface area contributed by atoms with Crippen LogP contribution in [0.15, 0.2) is 30.9 Å². The number of hydrogen-bond donors (Lipinski definition) is 2. The number of rotatable bonds is 5. The molecule has 0 heterocycles. The Labute approximate surface area is 101 Å². The van der Waals surface area contributed by atoms with Crippen LogP contribution in [0.3, 0.4) is 0 Å². The van der Waals surface area contributed by atoms with Gasteiger partial charge in [0.25, 0.3) is 5.91 Å². The highest BCUT2D eigenvalue weighted by atomic mass is 16.3. The summed E-state index contributed by atoms with van der Waals surface area (Å²) in [5.74, 6) is -0.114. The van der Waals surface area contributed by atoms with Gasteiger partial charge in [0.2, 0.25) is 0 Å². The second kappa shape index (κ2) is 6.06. The molecule has 1 amide bonds. The highest BCUT2D eigenvalue weighted by molar-refractivity contribution is 5.96. The van der Waals surface area contributed by atoms with Crippen molar-refractivity contribution in [2.45, 2.75) is 6.92 Å². The summed E-state index contributed by atoms with van der Waals surface area (Å²) in [6, 6.07) is 5.17. The van der Waals surface area contributed by atoms with Crippen LogP contribution in [0.2, 0.25) is 0 Å². The lowest BCUT2D eigenvalue weighted by Gasteiger charge is -2.21. The third kappa shape index (κ3) is 3.32. The number of carbonyl (C=O) groups is 1. The van der Waals surface area contributed by atoms with Gasteiger partial charge in [-0.3, -0.25) is 4.79 Å². The topological polar surface area (TPSA) is 66.6 Å². The van der Waals surface area contributed by atoms with Crippen molar-refractivity contribution in [3.05, 3.63) is 42.0 Å².